The molecule has 0 spiro atoms. The largest absolute Gasteiger partial charge is 0.456 e. The summed E-state index contributed by atoms with van der Waals surface area (Å²) >= 11 is 0. The Kier molecular flexibility index (Phi) is 4.09. The summed E-state index contributed by atoms with van der Waals surface area (Å²) in [6.07, 6.45) is 5.80. The minimum atomic E-state index is -0.246. The fraction of sp³-hybridized carbons (Fsp3) is 0.389. The highest BCUT2D eigenvalue weighted by molar-refractivity contribution is 5.89. The number of aromatic nitrogens is 1. The topological polar surface area (TPSA) is 42.1 Å². The Bertz CT molecular complexity index is 628. The fourth-order valence-electron chi connectivity index (χ4n) is 3.03. The zero-order valence-electron chi connectivity index (χ0n) is 12.4. The zero-order chi connectivity index (χ0) is 14.7. The zero-order valence-corrected chi connectivity index (χ0v) is 12.4. The molecule has 1 aromatic heterocycles. The molecular formula is C18H21NO2. The molecule has 0 unspecified atom stereocenters. The lowest BCUT2D eigenvalue weighted by Gasteiger charge is -2.05. The van der Waals surface area contributed by atoms with Crippen molar-refractivity contribution in [2.24, 2.45) is 0 Å². The smallest absolute Gasteiger partial charge is 0.355 e. The van der Waals surface area contributed by atoms with E-state index >= 15 is 0 Å². The van der Waals surface area contributed by atoms with Crippen molar-refractivity contribution in [3.05, 3.63) is 58.4 Å². The first kappa shape index (κ1) is 13.9. The number of aryl methyl sites for hydroxylation is 1. The van der Waals surface area contributed by atoms with E-state index < -0.39 is 0 Å². The Morgan fingerprint density at radius 3 is 2.71 bits per heavy atom. The third kappa shape index (κ3) is 3.02. The van der Waals surface area contributed by atoms with E-state index in [0.29, 0.717) is 12.3 Å². The van der Waals surface area contributed by atoms with E-state index in [4.69, 9.17) is 4.74 Å². The number of rotatable bonds is 3. The molecule has 1 N–H and O–H groups in total. The molecule has 1 aromatic carbocycles. The van der Waals surface area contributed by atoms with Gasteiger partial charge < -0.3 is 9.72 Å². The van der Waals surface area contributed by atoms with Gasteiger partial charge in [-0.15, -0.1) is 0 Å². The maximum absolute atomic E-state index is 12.3. The highest BCUT2D eigenvalue weighted by Crippen LogP contribution is 2.26. The van der Waals surface area contributed by atoms with E-state index in [1.165, 1.54) is 30.5 Å². The van der Waals surface area contributed by atoms with Crippen LogP contribution in [0.3, 0.4) is 0 Å². The number of nitrogens with one attached hydrogen (secondary N) is 1. The lowest BCUT2D eigenvalue weighted by molar-refractivity contribution is 0.0465. The molecule has 2 aromatic rings. The van der Waals surface area contributed by atoms with Crippen LogP contribution in [0.5, 0.6) is 0 Å². The van der Waals surface area contributed by atoms with Gasteiger partial charge in [-0.25, -0.2) is 4.79 Å². The van der Waals surface area contributed by atoms with Gasteiger partial charge in [-0.3, -0.25) is 0 Å². The summed E-state index contributed by atoms with van der Waals surface area (Å²) in [5.74, 6) is -0.246. The highest BCUT2D eigenvalue weighted by Gasteiger charge is 2.21. The van der Waals surface area contributed by atoms with Crippen LogP contribution in [-0.2, 0) is 24.2 Å². The van der Waals surface area contributed by atoms with Crippen molar-refractivity contribution < 1.29 is 9.53 Å². The van der Waals surface area contributed by atoms with E-state index in [2.05, 4.69) is 4.98 Å². The van der Waals surface area contributed by atoms with Gasteiger partial charge >= 0.3 is 5.97 Å². The molecule has 0 radical (unpaired) electrons. The van der Waals surface area contributed by atoms with E-state index in [0.717, 1.165) is 24.0 Å². The number of esters is 1. The molecular weight excluding hydrogens is 262 g/mol. The van der Waals surface area contributed by atoms with Crippen LogP contribution in [0.25, 0.3) is 0 Å². The molecule has 0 atom stereocenters. The number of aromatic amines is 1. The molecule has 0 saturated carbocycles. The van der Waals surface area contributed by atoms with E-state index in [1.54, 1.807) is 0 Å². The van der Waals surface area contributed by atoms with Crippen LogP contribution in [0.4, 0.5) is 0 Å². The molecule has 110 valence electrons. The quantitative estimate of drug-likeness (QED) is 0.684. The number of hydrogen-bond donors (Lipinski definition) is 1. The van der Waals surface area contributed by atoms with Gasteiger partial charge in [0, 0.05) is 5.69 Å². The van der Waals surface area contributed by atoms with Crippen molar-refractivity contribution in [1.82, 2.24) is 4.98 Å². The maximum Gasteiger partial charge on any atom is 0.355 e. The maximum atomic E-state index is 12.3. The van der Waals surface area contributed by atoms with Crippen molar-refractivity contribution in [3.63, 3.8) is 0 Å². The highest BCUT2D eigenvalue weighted by atomic mass is 16.5. The van der Waals surface area contributed by atoms with Crippen molar-refractivity contribution in [2.75, 3.05) is 0 Å². The number of hydrogen-bond acceptors (Lipinski definition) is 2. The Balaban J connectivity index is 1.73. The first-order chi connectivity index (χ1) is 10.3. The summed E-state index contributed by atoms with van der Waals surface area (Å²) < 4.78 is 5.43. The third-order valence-electron chi connectivity index (χ3n) is 4.24. The van der Waals surface area contributed by atoms with E-state index in [9.17, 15) is 4.79 Å². The van der Waals surface area contributed by atoms with Gasteiger partial charge in [-0.05, 0) is 49.3 Å². The van der Waals surface area contributed by atoms with Crippen molar-refractivity contribution >= 4 is 5.97 Å². The number of carbonyl (C=O) groups is 1. The average molecular weight is 283 g/mol. The Morgan fingerprint density at radius 2 is 1.90 bits per heavy atom. The summed E-state index contributed by atoms with van der Waals surface area (Å²) in [6, 6.07) is 9.78. The number of H-pyrrole nitrogens is 1. The van der Waals surface area contributed by atoms with E-state index in [-0.39, 0.29) is 5.97 Å². The summed E-state index contributed by atoms with van der Waals surface area (Å²) in [5.41, 5.74) is 5.29. The van der Waals surface area contributed by atoms with Crippen LogP contribution in [-0.4, -0.2) is 11.0 Å². The van der Waals surface area contributed by atoms with E-state index in [1.807, 2.05) is 37.3 Å². The molecule has 3 nitrogen and oxygen atoms in total. The number of ether oxygens (including phenoxy) is 1. The lowest BCUT2D eigenvalue weighted by atomic mass is 10.1. The summed E-state index contributed by atoms with van der Waals surface area (Å²) in [4.78, 5) is 15.6. The molecule has 0 bridgehead atoms. The van der Waals surface area contributed by atoms with Gasteiger partial charge in [0.05, 0.1) is 0 Å². The van der Waals surface area contributed by atoms with Gasteiger partial charge in [-0.2, -0.15) is 0 Å². The minimum Gasteiger partial charge on any atom is -0.456 e. The monoisotopic (exact) mass is 283 g/mol. The van der Waals surface area contributed by atoms with Crippen LogP contribution >= 0.6 is 0 Å². The summed E-state index contributed by atoms with van der Waals surface area (Å²) in [6.45, 7) is 2.35. The Hall–Kier alpha value is -2.03. The van der Waals surface area contributed by atoms with Crippen LogP contribution in [0.15, 0.2) is 30.3 Å². The normalized spacial score (nSPS) is 14.3. The van der Waals surface area contributed by atoms with Crippen molar-refractivity contribution in [3.8, 4) is 0 Å². The molecule has 0 aliphatic heterocycles. The molecule has 3 rings (SSSR count). The Morgan fingerprint density at radius 1 is 1.14 bits per heavy atom. The van der Waals surface area contributed by atoms with Gasteiger partial charge in [0.15, 0.2) is 0 Å². The SMILES string of the molecule is Cc1c(C(=O)OCc2ccccc2)[nH]c2c1CCCCC2. The Labute approximate surface area is 125 Å². The van der Waals surface area contributed by atoms with Crippen LogP contribution in [0.1, 0.15) is 52.1 Å². The average Bonchev–Trinajstić information content (AvgIpc) is 2.69. The standard InChI is InChI=1S/C18H21NO2/c1-13-15-10-6-3-7-11-16(15)19-17(13)18(20)21-12-14-8-4-2-5-9-14/h2,4-5,8-9,19H,3,6-7,10-12H2,1H3. The lowest BCUT2D eigenvalue weighted by Crippen LogP contribution is -2.07. The second kappa shape index (κ2) is 6.17. The second-order valence-electron chi connectivity index (χ2n) is 5.70. The fourth-order valence-corrected chi connectivity index (χ4v) is 3.03. The van der Waals surface area contributed by atoms with Crippen LogP contribution in [0, 0.1) is 6.92 Å². The first-order valence-corrected chi connectivity index (χ1v) is 7.67. The minimum absolute atomic E-state index is 0.246. The molecule has 21 heavy (non-hydrogen) atoms. The van der Waals surface area contributed by atoms with Crippen molar-refractivity contribution in [2.45, 2.75) is 45.6 Å². The molecule has 0 fully saturated rings. The predicted molar refractivity (Wildman–Crippen MR) is 82.4 cm³/mol. The molecule has 1 heterocycles. The summed E-state index contributed by atoms with van der Waals surface area (Å²) in [5, 5.41) is 0. The molecule has 1 aliphatic rings. The van der Waals surface area contributed by atoms with Crippen molar-refractivity contribution in [1.29, 1.82) is 0 Å². The van der Waals surface area contributed by atoms with Gasteiger partial charge in [0.1, 0.15) is 12.3 Å². The van der Waals surface area contributed by atoms with Gasteiger partial charge in [0.2, 0.25) is 0 Å². The molecule has 0 saturated heterocycles. The number of benzene rings is 1. The third-order valence-corrected chi connectivity index (χ3v) is 4.24. The molecule has 0 amide bonds. The van der Waals surface area contributed by atoms with Gasteiger partial charge in [-0.1, -0.05) is 36.8 Å². The first-order valence-electron chi connectivity index (χ1n) is 7.67. The molecule has 1 aliphatic carbocycles. The number of fused-ring (bicyclic) bond motifs is 1. The van der Waals surface area contributed by atoms with Crippen LogP contribution in [0.2, 0.25) is 0 Å². The van der Waals surface area contributed by atoms with Gasteiger partial charge in [0.25, 0.3) is 0 Å². The van der Waals surface area contributed by atoms with Crippen LogP contribution < -0.4 is 0 Å². The predicted octanol–water partition coefficient (Wildman–Crippen LogP) is 3.95. The molecule has 3 heteroatoms. The summed E-state index contributed by atoms with van der Waals surface area (Å²) in [7, 11) is 0. The number of carbonyl (C=O) groups excluding carboxylic acids is 1. The second-order valence-corrected chi connectivity index (χ2v) is 5.70.